The second-order valence-corrected chi connectivity index (χ2v) is 9.41. The molecule has 0 radical (unpaired) electrons. The standard InChI is InChI=1S/C16H17N3O6S2/c1-26(22,23)17-13-5-3-2-4-12(13)8-11-6-7-14(15(20)9-11)19-10-16(21)18-27(19,24)25/h2-7,9,17,20H,8,10H2,1H3,(H,18,21). The van der Waals surface area contributed by atoms with Gasteiger partial charge < -0.3 is 5.11 Å². The zero-order chi connectivity index (χ0) is 19.8. The van der Waals surface area contributed by atoms with Crippen LogP contribution < -0.4 is 13.7 Å². The molecule has 11 heteroatoms. The van der Waals surface area contributed by atoms with Crippen LogP contribution in [0.2, 0.25) is 0 Å². The van der Waals surface area contributed by atoms with E-state index in [0.29, 0.717) is 23.2 Å². The summed E-state index contributed by atoms with van der Waals surface area (Å²) in [5, 5.41) is 10.2. The number of benzene rings is 2. The summed E-state index contributed by atoms with van der Waals surface area (Å²) in [5.74, 6) is -0.986. The monoisotopic (exact) mass is 411 g/mol. The number of sulfonamides is 1. The van der Waals surface area contributed by atoms with Crippen molar-refractivity contribution >= 4 is 37.5 Å². The van der Waals surface area contributed by atoms with Crippen molar-refractivity contribution in [3.63, 3.8) is 0 Å². The number of para-hydroxylation sites is 1. The van der Waals surface area contributed by atoms with Gasteiger partial charge in [0.2, 0.25) is 10.0 Å². The lowest BCUT2D eigenvalue weighted by Gasteiger charge is -2.17. The van der Waals surface area contributed by atoms with E-state index in [9.17, 15) is 26.7 Å². The Morgan fingerprint density at radius 2 is 1.93 bits per heavy atom. The van der Waals surface area contributed by atoms with E-state index in [0.717, 1.165) is 10.6 Å². The van der Waals surface area contributed by atoms with E-state index >= 15 is 0 Å². The van der Waals surface area contributed by atoms with Crippen LogP contribution in [-0.2, 0) is 31.4 Å². The third-order valence-electron chi connectivity index (χ3n) is 3.84. The lowest BCUT2D eigenvalue weighted by molar-refractivity contribution is -0.117. The maximum atomic E-state index is 11.9. The number of anilines is 2. The molecule has 0 unspecified atom stereocenters. The number of nitrogens with one attached hydrogen (secondary N) is 2. The predicted octanol–water partition coefficient (Wildman–Crippen LogP) is 0.535. The van der Waals surface area contributed by atoms with Gasteiger partial charge in [0.15, 0.2) is 0 Å². The zero-order valence-corrected chi connectivity index (χ0v) is 15.8. The second-order valence-electron chi connectivity index (χ2n) is 6.07. The lowest BCUT2D eigenvalue weighted by atomic mass is 10.0. The maximum absolute atomic E-state index is 11.9. The Labute approximate surface area is 156 Å². The van der Waals surface area contributed by atoms with Crippen molar-refractivity contribution in [2.75, 3.05) is 21.8 Å². The molecule has 2 aromatic carbocycles. The highest BCUT2D eigenvalue weighted by atomic mass is 32.2. The first kappa shape index (κ1) is 19.0. The number of amides is 1. The van der Waals surface area contributed by atoms with Crippen LogP contribution in [-0.4, -0.2) is 40.6 Å². The SMILES string of the molecule is CS(=O)(=O)Nc1ccccc1Cc1ccc(N2CC(=O)NS2(=O)=O)c(O)c1. The molecule has 0 bridgehead atoms. The molecule has 0 atom stereocenters. The van der Waals surface area contributed by atoms with Crippen LogP contribution in [0.5, 0.6) is 5.75 Å². The fourth-order valence-corrected chi connectivity index (χ4v) is 4.51. The van der Waals surface area contributed by atoms with Crippen LogP contribution in [0.3, 0.4) is 0 Å². The van der Waals surface area contributed by atoms with Gasteiger partial charge in [0.25, 0.3) is 5.91 Å². The molecule has 1 saturated heterocycles. The number of nitrogens with zero attached hydrogens (tertiary/aromatic N) is 1. The van der Waals surface area contributed by atoms with Crippen molar-refractivity contribution in [1.29, 1.82) is 0 Å². The van der Waals surface area contributed by atoms with Crippen LogP contribution in [0, 0.1) is 0 Å². The number of phenolic OH excluding ortho intramolecular Hbond substituents is 1. The van der Waals surface area contributed by atoms with Crippen molar-refractivity contribution in [2.45, 2.75) is 6.42 Å². The minimum absolute atomic E-state index is 0.0142. The molecule has 0 spiro atoms. The molecule has 1 amide bonds. The molecule has 1 heterocycles. The quantitative estimate of drug-likeness (QED) is 0.658. The molecule has 3 N–H and O–H groups in total. The molecular formula is C16H17N3O6S2. The van der Waals surface area contributed by atoms with E-state index in [2.05, 4.69) is 4.72 Å². The average molecular weight is 411 g/mol. The highest BCUT2D eigenvalue weighted by molar-refractivity contribution is 7.92. The first-order valence-corrected chi connectivity index (χ1v) is 11.1. The van der Waals surface area contributed by atoms with Crippen molar-refractivity contribution in [3.05, 3.63) is 53.6 Å². The minimum atomic E-state index is -4.01. The van der Waals surface area contributed by atoms with Crippen molar-refractivity contribution in [3.8, 4) is 5.75 Å². The summed E-state index contributed by atoms with van der Waals surface area (Å²) in [6.45, 7) is -0.406. The molecule has 3 rings (SSSR count). The minimum Gasteiger partial charge on any atom is -0.506 e. The molecule has 144 valence electrons. The molecule has 1 aliphatic rings. The van der Waals surface area contributed by atoms with Crippen LogP contribution in [0.1, 0.15) is 11.1 Å². The van der Waals surface area contributed by atoms with E-state index in [-0.39, 0.29) is 11.4 Å². The normalized spacial score (nSPS) is 16.2. The summed E-state index contributed by atoms with van der Waals surface area (Å²) in [6.07, 6.45) is 1.35. The molecule has 27 heavy (non-hydrogen) atoms. The van der Waals surface area contributed by atoms with Crippen LogP contribution in [0.15, 0.2) is 42.5 Å². The highest BCUT2D eigenvalue weighted by Crippen LogP contribution is 2.32. The van der Waals surface area contributed by atoms with E-state index < -0.39 is 32.7 Å². The lowest BCUT2D eigenvalue weighted by Crippen LogP contribution is -2.29. The summed E-state index contributed by atoms with van der Waals surface area (Å²) in [6, 6.07) is 11.2. The van der Waals surface area contributed by atoms with Gasteiger partial charge in [0, 0.05) is 0 Å². The average Bonchev–Trinajstić information content (AvgIpc) is 2.80. The molecular weight excluding hydrogens is 394 g/mol. The van der Waals surface area contributed by atoms with Gasteiger partial charge in [-0.3, -0.25) is 9.52 Å². The van der Waals surface area contributed by atoms with Gasteiger partial charge in [-0.1, -0.05) is 24.3 Å². The number of aromatic hydroxyl groups is 1. The zero-order valence-electron chi connectivity index (χ0n) is 14.2. The number of carbonyl (C=O) groups excluding carboxylic acids is 1. The summed E-state index contributed by atoms with van der Waals surface area (Å²) in [7, 11) is -7.46. The van der Waals surface area contributed by atoms with Gasteiger partial charge in [-0.25, -0.2) is 17.4 Å². The Bertz CT molecular complexity index is 1110. The first-order valence-electron chi connectivity index (χ1n) is 7.76. The van der Waals surface area contributed by atoms with E-state index in [4.69, 9.17) is 0 Å². The van der Waals surface area contributed by atoms with Gasteiger partial charge in [-0.2, -0.15) is 8.42 Å². The van der Waals surface area contributed by atoms with Crippen molar-refractivity contribution in [2.24, 2.45) is 0 Å². The number of rotatable bonds is 5. The fraction of sp³-hybridized carbons (Fsp3) is 0.188. The van der Waals surface area contributed by atoms with E-state index in [1.165, 1.54) is 12.1 Å². The topological polar surface area (TPSA) is 133 Å². The Hall–Kier alpha value is -2.79. The van der Waals surface area contributed by atoms with Crippen LogP contribution >= 0.6 is 0 Å². The van der Waals surface area contributed by atoms with Gasteiger partial charge >= 0.3 is 10.2 Å². The summed E-state index contributed by atoms with van der Waals surface area (Å²) < 4.78 is 51.8. The largest absolute Gasteiger partial charge is 0.506 e. The number of hydrogen-bond donors (Lipinski definition) is 3. The second kappa shape index (κ2) is 6.74. The molecule has 0 aromatic heterocycles. The molecule has 1 fully saturated rings. The molecule has 0 aliphatic carbocycles. The summed E-state index contributed by atoms with van der Waals surface area (Å²) in [5.41, 5.74) is 1.72. The third-order valence-corrected chi connectivity index (χ3v) is 5.82. The van der Waals surface area contributed by atoms with Crippen molar-refractivity contribution < 1.29 is 26.7 Å². The predicted molar refractivity (Wildman–Crippen MR) is 100 cm³/mol. The smallest absolute Gasteiger partial charge is 0.326 e. The number of hydrogen-bond acceptors (Lipinski definition) is 6. The van der Waals surface area contributed by atoms with E-state index in [1.54, 1.807) is 30.3 Å². The Kier molecular flexibility index (Phi) is 4.74. The Morgan fingerprint density at radius 1 is 1.22 bits per heavy atom. The van der Waals surface area contributed by atoms with Gasteiger partial charge in [0.05, 0.1) is 17.6 Å². The summed E-state index contributed by atoms with van der Waals surface area (Å²) >= 11 is 0. The molecule has 0 saturated carbocycles. The number of phenols is 1. The van der Waals surface area contributed by atoms with Crippen molar-refractivity contribution in [1.82, 2.24) is 4.72 Å². The van der Waals surface area contributed by atoms with Gasteiger partial charge in [0.1, 0.15) is 12.3 Å². The number of carbonyl (C=O) groups is 1. The first-order chi connectivity index (χ1) is 12.5. The van der Waals surface area contributed by atoms with Crippen LogP contribution in [0.4, 0.5) is 11.4 Å². The maximum Gasteiger partial charge on any atom is 0.326 e. The van der Waals surface area contributed by atoms with E-state index in [1.807, 2.05) is 4.72 Å². The fourth-order valence-electron chi connectivity index (χ4n) is 2.74. The van der Waals surface area contributed by atoms with Gasteiger partial charge in [-0.15, -0.1) is 0 Å². The Balaban J connectivity index is 1.89. The molecule has 9 nitrogen and oxygen atoms in total. The molecule has 1 aliphatic heterocycles. The van der Waals surface area contributed by atoms with Crippen LogP contribution in [0.25, 0.3) is 0 Å². The van der Waals surface area contributed by atoms with Gasteiger partial charge in [-0.05, 0) is 35.7 Å². The molecule has 2 aromatic rings. The Morgan fingerprint density at radius 3 is 2.52 bits per heavy atom. The third kappa shape index (κ3) is 4.31. The highest BCUT2D eigenvalue weighted by Gasteiger charge is 2.35. The summed E-state index contributed by atoms with van der Waals surface area (Å²) in [4.78, 5) is 11.3.